The van der Waals surface area contributed by atoms with Gasteiger partial charge in [-0.2, -0.15) is 0 Å². The third-order valence-corrected chi connectivity index (χ3v) is 4.19. The predicted octanol–water partition coefficient (Wildman–Crippen LogP) is 2.21. The first kappa shape index (κ1) is 15.8. The Morgan fingerprint density at radius 1 is 1.29 bits per heavy atom. The molecule has 1 saturated heterocycles. The molecular formula is C17H28N4. The number of hydrogen-bond acceptors (Lipinski definition) is 2. The SMILES string of the molecule is CN=C(NC)NCc1cccc(CN2CCC(C)CC2)c1. The molecule has 0 atom stereocenters. The molecule has 1 fully saturated rings. The van der Waals surface area contributed by atoms with Gasteiger partial charge in [0.25, 0.3) is 0 Å². The van der Waals surface area contributed by atoms with Gasteiger partial charge < -0.3 is 10.6 Å². The van der Waals surface area contributed by atoms with Crippen molar-refractivity contribution in [3.63, 3.8) is 0 Å². The summed E-state index contributed by atoms with van der Waals surface area (Å²) >= 11 is 0. The van der Waals surface area contributed by atoms with Gasteiger partial charge in [-0.3, -0.25) is 9.89 Å². The van der Waals surface area contributed by atoms with Crippen LogP contribution in [0.1, 0.15) is 30.9 Å². The summed E-state index contributed by atoms with van der Waals surface area (Å²) in [5, 5.41) is 6.33. The molecule has 0 aromatic heterocycles. The van der Waals surface area contributed by atoms with Gasteiger partial charge in [-0.25, -0.2) is 0 Å². The molecule has 1 aromatic carbocycles. The lowest BCUT2D eigenvalue weighted by atomic mass is 9.98. The molecule has 0 spiro atoms. The van der Waals surface area contributed by atoms with Crippen LogP contribution in [0, 0.1) is 5.92 Å². The van der Waals surface area contributed by atoms with Gasteiger partial charge >= 0.3 is 0 Å². The van der Waals surface area contributed by atoms with E-state index in [1.165, 1.54) is 37.1 Å². The molecule has 0 unspecified atom stereocenters. The first-order chi connectivity index (χ1) is 10.2. The Balaban J connectivity index is 1.88. The van der Waals surface area contributed by atoms with E-state index >= 15 is 0 Å². The Labute approximate surface area is 128 Å². The van der Waals surface area contributed by atoms with Crippen molar-refractivity contribution >= 4 is 5.96 Å². The van der Waals surface area contributed by atoms with Gasteiger partial charge in [-0.15, -0.1) is 0 Å². The molecule has 1 aromatic rings. The number of aliphatic imine (C=N–C) groups is 1. The topological polar surface area (TPSA) is 39.7 Å². The second kappa shape index (κ2) is 8.03. The highest BCUT2D eigenvalue weighted by molar-refractivity contribution is 5.79. The van der Waals surface area contributed by atoms with E-state index in [1.54, 1.807) is 7.05 Å². The van der Waals surface area contributed by atoms with Crippen LogP contribution >= 0.6 is 0 Å². The van der Waals surface area contributed by atoms with Crippen molar-refractivity contribution in [2.75, 3.05) is 27.2 Å². The summed E-state index contributed by atoms with van der Waals surface area (Å²) in [7, 11) is 3.66. The van der Waals surface area contributed by atoms with Crippen LogP contribution in [-0.2, 0) is 13.1 Å². The van der Waals surface area contributed by atoms with Crippen molar-refractivity contribution < 1.29 is 0 Å². The largest absolute Gasteiger partial charge is 0.359 e. The Morgan fingerprint density at radius 2 is 2.00 bits per heavy atom. The maximum atomic E-state index is 4.13. The van der Waals surface area contributed by atoms with Gasteiger partial charge in [-0.05, 0) is 43.0 Å². The molecule has 116 valence electrons. The van der Waals surface area contributed by atoms with E-state index in [2.05, 4.69) is 51.7 Å². The molecule has 0 saturated carbocycles. The molecule has 0 bridgehead atoms. The van der Waals surface area contributed by atoms with E-state index in [0.29, 0.717) is 0 Å². The molecular weight excluding hydrogens is 260 g/mol. The lowest BCUT2D eigenvalue weighted by Crippen LogP contribution is -2.34. The smallest absolute Gasteiger partial charge is 0.190 e. The zero-order valence-electron chi connectivity index (χ0n) is 13.5. The number of piperidine rings is 1. The number of nitrogens with one attached hydrogen (secondary N) is 2. The second-order valence-corrected chi connectivity index (χ2v) is 5.95. The summed E-state index contributed by atoms with van der Waals surface area (Å²) in [4.78, 5) is 6.70. The van der Waals surface area contributed by atoms with Gasteiger partial charge in [0.15, 0.2) is 5.96 Å². The number of rotatable bonds is 4. The minimum atomic E-state index is 0.804. The first-order valence-corrected chi connectivity index (χ1v) is 7.90. The summed E-state index contributed by atoms with van der Waals surface area (Å²) in [6.07, 6.45) is 2.67. The van der Waals surface area contributed by atoms with Crippen molar-refractivity contribution in [1.82, 2.24) is 15.5 Å². The van der Waals surface area contributed by atoms with Crippen LogP contribution in [-0.4, -0.2) is 38.0 Å². The molecule has 0 radical (unpaired) electrons. The second-order valence-electron chi connectivity index (χ2n) is 5.95. The highest BCUT2D eigenvalue weighted by Crippen LogP contribution is 2.18. The molecule has 2 N–H and O–H groups in total. The fourth-order valence-corrected chi connectivity index (χ4v) is 2.78. The summed E-state index contributed by atoms with van der Waals surface area (Å²) in [5.41, 5.74) is 2.71. The Kier molecular flexibility index (Phi) is 6.05. The Morgan fingerprint density at radius 3 is 2.67 bits per heavy atom. The van der Waals surface area contributed by atoms with Crippen molar-refractivity contribution in [2.45, 2.75) is 32.9 Å². The molecule has 2 rings (SSSR count). The van der Waals surface area contributed by atoms with E-state index in [9.17, 15) is 0 Å². The minimum Gasteiger partial charge on any atom is -0.359 e. The first-order valence-electron chi connectivity index (χ1n) is 7.90. The van der Waals surface area contributed by atoms with Crippen LogP contribution in [0.25, 0.3) is 0 Å². The van der Waals surface area contributed by atoms with E-state index in [4.69, 9.17) is 0 Å². The summed E-state index contributed by atoms with van der Waals surface area (Å²) < 4.78 is 0. The Hall–Kier alpha value is -1.55. The van der Waals surface area contributed by atoms with E-state index in [1.807, 2.05) is 7.05 Å². The zero-order chi connectivity index (χ0) is 15.1. The summed E-state index contributed by atoms with van der Waals surface area (Å²) in [6.45, 7) is 6.70. The molecule has 4 nitrogen and oxygen atoms in total. The third kappa shape index (κ3) is 5.05. The number of nitrogens with zero attached hydrogens (tertiary/aromatic N) is 2. The van der Waals surface area contributed by atoms with Crippen LogP contribution in [0.2, 0.25) is 0 Å². The lowest BCUT2D eigenvalue weighted by molar-refractivity contribution is 0.185. The van der Waals surface area contributed by atoms with Gasteiger partial charge in [0.05, 0.1) is 0 Å². The average molecular weight is 288 g/mol. The predicted molar refractivity (Wildman–Crippen MR) is 89.4 cm³/mol. The zero-order valence-corrected chi connectivity index (χ0v) is 13.5. The molecule has 1 heterocycles. The number of likely N-dealkylation sites (tertiary alicyclic amines) is 1. The van der Waals surface area contributed by atoms with Crippen LogP contribution in [0.15, 0.2) is 29.3 Å². The maximum Gasteiger partial charge on any atom is 0.190 e. The van der Waals surface area contributed by atoms with Crippen molar-refractivity contribution in [1.29, 1.82) is 0 Å². The molecule has 0 amide bonds. The fraction of sp³-hybridized carbons (Fsp3) is 0.588. The van der Waals surface area contributed by atoms with Crippen LogP contribution in [0.5, 0.6) is 0 Å². The van der Waals surface area contributed by atoms with E-state index < -0.39 is 0 Å². The standard InChI is InChI=1S/C17H28N4/c1-14-7-9-21(10-8-14)13-16-6-4-5-15(11-16)12-20-17(18-2)19-3/h4-6,11,14H,7-10,12-13H2,1-3H3,(H2,18,19,20). The monoisotopic (exact) mass is 288 g/mol. The highest BCUT2D eigenvalue weighted by Gasteiger charge is 2.15. The maximum absolute atomic E-state index is 4.13. The van der Waals surface area contributed by atoms with Gasteiger partial charge in [0, 0.05) is 27.2 Å². The Bertz CT molecular complexity index is 462. The number of hydrogen-bond donors (Lipinski definition) is 2. The normalized spacial score (nSPS) is 17.8. The third-order valence-electron chi connectivity index (χ3n) is 4.19. The van der Waals surface area contributed by atoms with Gasteiger partial charge in [0.2, 0.25) is 0 Å². The molecule has 1 aliphatic rings. The van der Waals surface area contributed by atoms with Crippen LogP contribution in [0.4, 0.5) is 0 Å². The molecule has 21 heavy (non-hydrogen) atoms. The van der Waals surface area contributed by atoms with E-state index in [0.717, 1.165) is 25.0 Å². The van der Waals surface area contributed by atoms with E-state index in [-0.39, 0.29) is 0 Å². The molecule has 1 aliphatic heterocycles. The van der Waals surface area contributed by atoms with Crippen LogP contribution in [0.3, 0.4) is 0 Å². The number of guanidine groups is 1. The lowest BCUT2D eigenvalue weighted by Gasteiger charge is -2.30. The van der Waals surface area contributed by atoms with Crippen molar-refractivity contribution in [3.8, 4) is 0 Å². The summed E-state index contributed by atoms with van der Waals surface area (Å²) in [6, 6.07) is 8.85. The molecule has 4 heteroatoms. The minimum absolute atomic E-state index is 0.804. The number of benzene rings is 1. The summed E-state index contributed by atoms with van der Waals surface area (Å²) in [5.74, 6) is 1.72. The highest BCUT2D eigenvalue weighted by atomic mass is 15.1. The molecule has 0 aliphatic carbocycles. The van der Waals surface area contributed by atoms with Gasteiger partial charge in [-0.1, -0.05) is 31.2 Å². The quantitative estimate of drug-likeness (QED) is 0.659. The van der Waals surface area contributed by atoms with Crippen molar-refractivity contribution in [2.24, 2.45) is 10.9 Å². The van der Waals surface area contributed by atoms with Gasteiger partial charge in [0.1, 0.15) is 0 Å². The van der Waals surface area contributed by atoms with Crippen LogP contribution < -0.4 is 10.6 Å². The fourth-order valence-electron chi connectivity index (χ4n) is 2.78. The van der Waals surface area contributed by atoms with Crippen molar-refractivity contribution in [3.05, 3.63) is 35.4 Å². The average Bonchev–Trinajstić information content (AvgIpc) is 2.51.